The largest absolute Gasteiger partial charge is 0.493 e. The minimum absolute atomic E-state index is 0.0446. The van der Waals surface area contributed by atoms with Gasteiger partial charge in [0.15, 0.2) is 0 Å². The molecule has 116 valence electrons. The molecule has 0 spiro atoms. The number of rotatable bonds is 10. The lowest BCUT2D eigenvalue weighted by Crippen LogP contribution is -2.21. The van der Waals surface area contributed by atoms with Gasteiger partial charge in [0, 0.05) is 18.2 Å². The summed E-state index contributed by atoms with van der Waals surface area (Å²) in [5.41, 5.74) is 0.937. The zero-order valence-electron chi connectivity index (χ0n) is 13.2. The van der Waals surface area contributed by atoms with Crippen molar-refractivity contribution >= 4 is 12.0 Å². The molecule has 0 bridgehead atoms. The van der Waals surface area contributed by atoms with Crippen LogP contribution in [0.5, 0.6) is 5.75 Å². The van der Waals surface area contributed by atoms with Crippen LogP contribution in [0.25, 0.3) is 6.08 Å². The summed E-state index contributed by atoms with van der Waals surface area (Å²) in [6, 6.07) is 7.77. The number of nitrogens with one attached hydrogen (secondary N) is 1. The Morgan fingerprint density at radius 1 is 1.14 bits per heavy atom. The van der Waals surface area contributed by atoms with E-state index in [-0.39, 0.29) is 5.91 Å². The van der Waals surface area contributed by atoms with Gasteiger partial charge in [-0.15, -0.1) is 0 Å². The molecule has 0 aliphatic carbocycles. The van der Waals surface area contributed by atoms with Gasteiger partial charge in [-0.1, -0.05) is 51.3 Å². The van der Waals surface area contributed by atoms with Crippen LogP contribution >= 0.6 is 0 Å². The van der Waals surface area contributed by atoms with E-state index in [9.17, 15) is 4.79 Å². The van der Waals surface area contributed by atoms with Crippen molar-refractivity contribution in [3.05, 3.63) is 35.9 Å². The van der Waals surface area contributed by atoms with E-state index in [1.54, 1.807) is 6.08 Å². The molecule has 0 saturated carbocycles. The van der Waals surface area contributed by atoms with Crippen LogP contribution in [0.3, 0.4) is 0 Å². The monoisotopic (exact) mass is 289 g/mol. The summed E-state index contributed by atoms with van der Waals surface area (Å²) in [5.74, 6) is 0.781. The molecule has 0 aliphatic heterocycles. The summed E-state index contributed by atoms with van der Waals surface area (Å²) in [6.45, 7) is 5.69. The summed E-state index contributed by atoms with van der Waals surface area (Å²) in [4.78, 5) is 11.7. The molecule has 1 amide bonds. The third kappa shape index (κ3) is 7.54. The standard InChI is InChI=1S/C18H27NO2/c1-3-5-6-9-14-19-18(20)13-12-16-10-7-8-11-17(16)21-15-4-2/h7-8,10-13H,3-6,9,14-15H2,1-2H3,(H,19,20)/b13-12+. The molecule has 1 N–H and O–H groups in total. The Morgan fingerprint density at radius 3 is 2.71 bits per heavy atom. The van der Waals surface area contributed by atoms with Crippen molar-refractivity contribution in [2.45, 2.75) is 46.0 Å². The maximum atomic E-state index is 11.7. The Bertz CT molecular complexity index is 441. The van der Waals surface area contributed by atoms with E-state index in [0.717, 1.165) is 30.7 Å². The number of ether oxygens (including phenoxy) is 1. The van der Waals surface area contributed by atoms with E-state index in [2.05, 4.69) is 19.2 Å². The molecule has 0 aliphatic rings. The molecule has 0 unspecified atom stereocenters. The van der Waals surface area contributed by atoms with Crippen LogP contribution in [0.4, 0.5) is 0 Å². The number of carbonyl (C=O) groups excluding carboxylic acids is 1. The minimum atomic E-state index is -0.0446. The first kappa shape index (κ1) is 17.3. The second kappa shape index (κ2) is 11.0. The average molecular weight is 289 g/mol. The van der Waals surface area contributed by atoms with Gasteiger partial charge in [0.2, 0.25) is 5.91 Å². The lowest BCUT2D eigenvalue weighted by Gasteiger charge is -2.07. The Kier molecular flexibility index (Phi) is 9.01. The fourth-order valence-electron chi connectivity index (χ4n) is 1.95. The van der Waals surface area contributed by atoms with Gasteiger partial charge in [-0.05, 0) is 25.0 Å². The number of hydrogen-bond acceptors (Lipinski definition) is 2. The summed E-state index contributed by atoms with van der Waals surface area (Å²) in [5, 5.41) is 2.91. The fourth-order valence-corrected chi connectivity index (χ4v) is 1.95. The van der Waals surface area contributed by atoms with Gasteiger partial charge in [-0.3, -0.25) is 4.79 Å². The molecule has 0 saturated heterocycles. The van der Waals surface area contributed by atoms with Crippen LogP contribution in [0.15, 0.2) is 30.3 Å². The lowest BCUT2D eigenvalue weighted by atomic mass is 10.2. The number of hydrogen-bond donors (Lipinski definition) is 1. The average Bonchev–Trinajstić information content (AvgIpc) is 2.51. The highest BCUT2D eigenvalue weighted by atomic mass is 16.5. The highest BCUT2D eigenvalue weighted by Gasteiger charge is 2.00. The van der Waals surface area contributed by atoms with Crippen molar-refractivity contribution in [3.8, 4) is 5.75 Å². The summed E-state index contributed by atoms with van der Waals surface area (Å²) in [6.07, 6.45) is 9.02. The molecular formula is C18H27NO2. The fraction of sp³-hybridized carbons (Fsp3) is 0.500. The zero-order chi connectivity index (χ0) is 15.3. The molecule has 0 aromatic heterocycles. The molecular weight excluding hydrogens is 262 g/mol. The van der Waals surface area contributed by atoms with Crippen LogP contribution in [-0.4, -0.2) is 19.1 Å². The van der Waals surface area contributed by atoms with Crippen molar-refractivity contribution < 1.29 is 9.53 Å². The van der Waals surface area contributed by atoms with E-state index in [4.69, 9.17) is 4.74 Å². The van der Waals surface area contributed by atoms with Gasteiger partial charge in [0.25, 0.3) is 0 Å². The SMILES string of the molecule is CCCCCCNC(=O)/C=C/c1ccccc1OCCC. The number of benzene rings is 1. The maximum Gasteiger partial charge on any atom is 0.244 e. The number of unbranched alkanes of at least 4 members (excludes halogenated alkanes) is 3. The summed E-state index contributed by atoms with van der Waals surface area (Å²) >= 11 is 0. The third-order valence-corrected chi connectivity index (χ3v) is 3.12. The second-order valence-corrected chi connectivity index (χ2v) is 5.07. The van der Waals surface area contributed by atoms with Crippen LogP contribution in [-0.2, 0) is 4.79 Å². The molecule has 3 heteroatoms. The quantitative estimate of drug-likeness (QED) is 0.518. The first-order valence-corrected chi connectivity index (χ1v) is 7.95. The minimum Gasteiger partial charge on any atom is -0.493 e. The smallest absolute Gasteiger partial charge is 0.244 e. The summed E-state index contributed by atoms with van der Waals surface area (Å²) < 4.78 is 5.66. The zero-order valence-corrected chi connectivity index (χ0v) is 13.2. The molecule has 0 radical (unpaired) electrons. The highest BCUT2D eigenvalue weighted by Crippen LogP contribution is 2.19. The van der Waals surface area contributed by atoms with Crippen molar-refractivity contribution in [1.82, 2.24) is 5.32 Å². The number of para-hydroxylation sites is 1. The predicted molar refractivity (Wildman–Crippen MR) is 88.4 cm³/mol. The Labute approximate surface area is 128 Å². The topological polar surface area (TPSA) is 38.3 Å². The first-order chi connectivity index (χ1) is 10.3. The van der Waals surface area contributed by atoms with E-state index in [1.165, 1.54) is 19.3 Å². The Morgan fingerprint density at radius 2 is 1.95 bits per heavy atom. The van der Waals surface area contributed by atoms with E-state index in [0.29, 0.717) is 6.61 Å². The van der Waals surface area contributed by atoms with Gasteiger partial charge in [-0.25, -0.2) is 0 Å². The number of amides is 1. The van der Waals surface area contributed by atoms with Crippen molar-refractivity contribution in [3.63, 3.8) is 0 Å². The van der Waals surface area contributed by atoms with E-state index >= 15 is 0 Å². The molecule has 1 rings (SSSR count). The van der Waals surface area contributed by atoms with Crippen molar-refractivity contribution in [1.29, 1.82) is 0 Å². The molecule has 0 atom stereocenters. The van der Waals surface area contributed by atoms with Gasteiger partial charge >= 0.3 is 0 Å². The van der Waals surface area contributed by atoms with Crippen molar-refractivity contribution in [2.75, 3.05) is 13.2 Å². The second-order valence-electron chi connectivity index (χ2n) is 5.07. The Hall–Kier alpha value is -1.77. The van der Waals surface area contributed by atoms with Crippen LogP contribution in [0.2, 0.25) is 0 Å². The molecule has 3 nitrogen and oxygen atoms in total. The molecule has 0 heterocycles. The van der Waals surface area contributed by atoms with Crippen LogP contribution < -0.4 is 10.1 Å². The first-order valence-electron chi connectivity index (χ1n) is 7.95. The van der Waals surface area contributed by atoms with E-state index < -0.39 is 0 Å². The maximum absolute atomic E-state index is 11.7. The van der Waals surface area contributed by atoms with Gasteiger partial charge in [0.05, 0.1) is 6.61 Å². The highest BCUT2D eigenvalue weighted by molar-refractivity contribution is 5.92. The lowest BCUT2D eigenvalue weighted by molar-refractivity contribution is -0.116. The molecule has 0 fully saturated rings. The molecule has 1 aromatic carbocycles. The normalized spacial score (nSPS) is 10.8. The Balaban J connectivity index is 2.42. The van der Waals surface area contributed by atoms with E-state index in [1.807, 2.05) is 30.3 Å². The van der Waals surface area contributed by atoms with Crippen LogP contribution in [0, 0.1) is 0 Å². The summed E-state index contributed by atoms with van der Waals surface area (Å²) in [7, 11) is 0. The van der Waals surface area contributed by atoms with Crippen LogP contribution in [0.1, 0.15) is 51.5 Å². The van der Waals surface area contributed by atoms with Crippen molar-refractivity contribution in [2.24, 2.45) is 0 Å². The predicted octanol–water partition coefficient (Wildman–Crippen LogP) is 4.19. The van der Waals surface area contributed by atoms with Gasteiger partial charge in [0.1, 0.15) is 5.75 Å². The van der Waals surface area contributed by atoms with Gasteiger partial charge in [-0.2, -0.15) is 0 Å². The molecule has 1 aromatic rings. The van der Waals surface area contributed by atoms with Gasteiger partial charge < -0.3 is 10.1 Å². The third-order valence-electron chi connectivity index (χ3n) is 3.12. The number of carbonyl (C=O) groups is 1. The molecule has 21 heavy (non-hydrogen) atoms.